The highest BCUT2D eigenvalue weighted by Gasteiger charge is 2.11. The van der Waals surface area contributed by atoms with Gasteiger partial charge in [-0.25, -0.2) is 13.1 Å². The van der Waals surface area contributed by atoms with E-state index in [4.69, 9.17) is 0 Å². The number of nitrogens with one attached hydrogen (secondary N) is 4. The van der Waals surface area contributed by atoms with Crippen LogP contribution in [0, 0.1) is 0 Å². The third-order valence-corrected chi connectivity index (χ3v) is 6.84. The second-order valence-electron chi connectivity index (χ2n) is 8.03. The Morgan fingerprint density at radius 1 is 0.919 bits per heavy atom. The van der Waals surface area contributed by atoms with Crippen molar-refractivity contribution in [2.75, 3.05) is 29.7 Å². The Hall–Kier alpha value is -4.35. The summed E-state index contributed by atoms with van der Waals surface area (Å²) in [6.45, 7) is 2.50. The summed E-state index contributed by atoms with van der Waals surface area (Å²) < 4.78 is 26.2. The molecule has 0 aliphatic carbocycles. The van der Waals surface area contributed by atoms with Gasteiger partial charge in [0.25, 0.3) is 0 Å². The first kappa shape index (κ1) is 25.7. The van der Waals surface area contributed by atoms with E-state index >= 15 is 0 Å². The molecule has 4 aromatic rings. The normalized spacial score (nSPS) is 11.7. The molecule has 0 bridgehead atoms. The fourth-order valence-electron chi connectivity index (χ4n) is 3.38. The predicted molar refractivity (Wildman–Crippen MR) is 147 cm³/mol. The molecule has 0 fully saturated rings. The summed E-state index contributed by atoms with van der Waals surface area (Å²) in [5, 5.41) is 11.0. The summed E-state index contributed by atoms with van der Waals surface area (Å²) >= 11 is 0. The van der Waals surface area contributed by atoms with Crippen LogP contribution in [-0.2, 0) is 16.4 Å². The van der Waals surface area contributed by atoms with Gasteiger partial charge >= 0.3 is 0 Å². The van der Waals surface area contributed by atoms with Crippen molar-refractivity contribution in [3.8, 4) is 0 Å². The third-order valence-electron chi connectivity index (χ3n) is 5.41. The summed E-state index contributed by atoms with van der Waals surface area (Å²) in [7, 11) is -2.12. The lowest BCUT2D eigenvalue weighted by molar-refractivity contribution is 0.588. The summed E-state index contributed by atoms with van der Waals surface area (Å²) in [5.41, 5.74) is 6.46. The molecule has 0 spiro atoms. The van der Waals surface area contributed by atoms with E-state index in [0.717, 1.165) is 17.7 Å². The molecule has 0 atom stereocenters. The van der Waals surface area contributed by atoms with Crippen molar-refractivity contribution in [1.82, 2.24) is 19.7 Å². The van der Waals surface area contributed by atoms with Crippen molar-refractivity contribution in [2.24, 2.45) is 5.10 Å². The van der Waals surface area contributed by atoms with Gasteiger partial charge in [-0.05, 0) is 67.9 Å². The number of pyridine rings is 1. The van der Waals surface area contributed by atoms with Crippen LogP contribution in [0.15, 0.2) is 95.2 Å². The molecule has 2 aromatic heterocycles. The average molecular weight is 517 g/mol. The van der Waals surface area contributed by atoms with Crippen LogP contribution in [0.4, 0.5) is 23.3 Å². The SMILES string of the molecule is CNS(=O)(=O)c1ccc(C(C)=NNc2cc(NCCc3ccncc3)nc(Nc3ccccc3)n2)cc1. The van der Waals surface area contributed by atoms with Crippen LogP contribution in [0.3, 0.4) is 0 Å². The van der Waals surface area contributed by atoms with Crippen LogP contribution in [-0.4, -0.2) is 42.7 Å². The smallest absolute Gasteiger partial charge is 0.240 e. The number of benzene rings is 2. The maximum absolute atomic E-state index is 12.0. The molecular weight excluding hydrogens is 488 g/mol. The molecule has 4 rings (SSSR count). The molecule has 0 saturated heterocycles. The van der Waals surface area contributed by atoms with Gasteiger partial charge in [0, 0.05) is 30.7 Å². The highest BCUT2D eigenvalue weighted by molar-refractivity contribution is 7.89. The van der Waals surface area contributed by atoms with Crippen molar-refractivity contribution in [3.63, 3.8) is 0 Å². The second-order valence-corrected chi connectivity index (χ2v) is 9.91. The minimum atomic E-state index is -3.50. The lowest BCUT2D eigenvalue weighted by Crippen LogP contribution is -2.18. The molecule has 2 heterocycles. The Balaban J connectivity index is 1.51. The van der Waals surface area contributed by atoms with Crippen LogP contribution in [0.5, 0.6) is 0 Å². The van der Waals surface area contributed by atoms with E-state index in [-0.39, 0.29) is 4.90 Å². The molecule has 0 aliphatic heterocycles. The molecule has 0 saturated carbocycles. The topological polar surface area (TPSA) is 133 Å². The predicted octanol–water partition coefficient (Wildman–Crippen LogP) is 4.01. The Kier molecular flexibility index (Phi) is 8.39. The Morgan fingerprint density at radius 3 is 2.32 bits per heavy atom. The lowest BCUT2D eigenvalue weighted by atomic mass is 10.1. The van der Waals surface area contributed by atoms with Gasteiger partial charge in [-0.1, -0.05) is 30.3 Å². The number of rotatable bonds is 11. The molecule has 11 heteroatoms. The second kappa shape index (κ2) is 12.1. The highest BCUT2D eigenvalue weighted by atomic mass is 32.2. The maximum atomic E-state index is 12.0. The number of nitrogens with zero attached hydrogens (tertiary/aromatic N) is 4. The number of aromatic nitrogens is 3. The van der Waals surface area contributed by atoms with Crippen molar-refractivity contribution in [2.45, 2.75) is 18.2 Å². The van der Waals surface area contributed by atoms with Crippen molar-refractivity contribution < 1.29 is 8.42 Å². The van der Waals surface area contributed by atoms with Gasteiger partial charge in [0.15, 0.2) is 5.82 Å². The van der Waals surface area contributed by atoms with Crippen LogP contribution in [0.2, 0.25) is 0 Å². The molecule has 37 heavy (non-hydrogen) atoms. The van der Waals surface area contributed by atoms with Crippen molar-refractivity contribution in [3.05, 3.63) is 96.3 Å². The van der Waals surface area contributed by atoms with E-state index in [2.05, 4.69) is 40.8 Å². The summed E-state index contributed by atoms with van der Waals surface area (Å²) in [6.07, 6.45) is 4.36. The van der Waals surface area contributed by atoms with E-state index in [1.54, 1.807) is 30.6 Å². The number of hydrazone groups is 1. The molecule has 0 aliphatic rings. The lowest BCUT2D eigenvalue weighted by Gasteiger charge is -2.12. The van der Waals surface area contributed by atoms with Crippen LogP contribution in [0.25, 0.3) is 0 Å². The molecule has 0 unspecified atom stereocenters. The van der Waals surface area contributed by atoms with Gasteiger partial charge in [-0.15, -0.1) is 0 Å². The first-order chi connectivity index (χ1) is 17.9. The first-order valence-corrected chi connectivity index (χ1v) is 13.1. The summed E-state index contributed by atoms with van der Waals surface area (Å²) in [5.74, 6) is 1.55. The number of anilines is 4. The highest BCUT2D eigenvalue weighted by Crippen LogP contribution is 2.19. The minimum Gasteiger partial charge on any atom is -0.370 e. The van der Waals surface area contributed by atoms with Crippen molar-refractivity contribution >= 4 is 39.0 Å². The number of hydrogen-bond acceptors (Lipinski definition) is 9. The fourth-order valence-corrected chi connectivity index (χ4v) is 4.11. The van der Waals surface area contributed by atoms with Gasteiger partial charge < -0.3 is 10.6 Å². The third kappa shape index (κ3) is 7.32. The molecule has 0 radical (unpaired) electrons. The van der Waals surface area contributed by atoms with E-state index in [1.165, 1.54) is 24.7 Å². The van der Waals surface area contributed by atoms with Crippen molar-refractivity contribution in [1.29, 1.82) is 0 Å². The maximum Gasteiger partial charge on any atom is 0.240 e. The van der Waals surface area contributed by atoms with E-state index < -0.39 is 10.0 Å². The van der Waals surface area contributed by atoms with Crippen LogP contribution < -0.4 is 20.8 Å². The number of sulfonamides is 1. The zero-order chi connectivity index (χ0) is 26.1. The van der Waals surface area contributed by atoms with Crippen LogP contribution in [0.1, 0.15) is 18.1 Å². The van der Waals surface area contributed by atoms with Gasteiger partial charge in [0.1, 0.15) is 5.82 Å². The van der Waals surface area contributed by atoms with E-state index in [1.807, 2.05) is 49.4 Å². The monoisotopic (exact) mass is 516 g/mol. The number of para-hydroxylation sites is 1. The summed E-state index contributed by atoms with van der Waals surface area (Å²) in [6, 6.07) is 21.9. The average Bonchev–Trinajstić information content (AvgIpc) is 2.93. The fraction of sp³-hybridized carbons (Fsp3) is 0.154. The molecule has 10 nitrogen and oxygen atoms in total. The largest absolute Gasteiger partial charge is 0.370 e. The standard InChI is InChI=1S/C26H28N8O2S/c1-19(21-8-10-23(11-9-21)37(35,36)27-2)33-34-25-18-24(29-17-14-20-12-15-28-16-13-20)31-26(32-25)30-22-6-4-3-5-7-22/h3-13,15-16,18,27H,14,17H2,1-2H3,(H3,29,30,31,32,34). The number of hydrogen-bond donors (Lipinski definition) is 4. The molecule has 2 aromatic carbocycles. The van der Waals surface area contributed by atoms with E-state index in [9.17, 15) is 8.42 Å². The van der Waals surface area contributed by atoms with Gasteiger partial charge in [-0.3, -0.25) is 10.4 Å². The Bertz CT molecular complexity index is 1450. The van der Waals surface area contributed by atoms with E-state index in [0.29, 0.717) is 29.8 Å². The first-order valence-electron chi connectivity index (χ1n) is 11.6. The Morgan fingerprint density at radius 2 is 1.62 bits per heavy atom. The minimum absolute atomic E-state index is 0.189. The Labute approximate surface area is 216 Å². The van der Waals surface area contributed by atoms with Crippen LogP contribution >= 0.6 is 0 Å². The quantitative estimate of drug-likeness (QED) is 0.174. The zero-order valence-corrected chi connectivity index (χ0v) is 21.3. The molecule has 4 N–H and O–H groups in total. The molecule has 190 valence electrons. The van der Waals surface area contributed by atoms with Gasteiger partial charge in [0.2, 0.25) is 16.0 Å². The zero-order valence-electron chi connectivity index (χ0n) is 20.5. The van der Waals surface area contributed by atoms with Gasteiger partial charge in [-0.2, -0.15) is 15.1 Å². The van der Waals surface area contributed by atoms with Gasteiger partial charge in [0.05, 0.1) is 10.6 Å². The molecule has 0 amide bonds. The summed E-state index contributed by atoms with van der Waals surface area (Å²) in [4.78, 5) is 13.4. The molecular formula is C26H28N8O2S.